The van der Waals surface area contributed by atoms with E-state index >= 15 is 0 Å². The van der Waals surface area contributed by atoms with E-state index in [1.165, 1.54) is 16.9 Å². The second-order valence-electron chi connectivity index (χ2n) is 5.37. The first-order valence-electron chi connectivity index (χ1n) is 6.83. The van der Waals surface area contributed by atoms with Gasteiger partial charge in [0.25, 0.3) is 0 Å². The Kier molecular flexibility index (Phi) is 4.85. The van der Waals surface area contributed by atoms with Gasteiger partial charge >= 0.3 is 6.18 Å². The number of nitrogens with zero attached hydrogens (tertiary/aromatic N) is 3. The third-order valence-electron chi connectivity index (χ3n) is 3.07. The summed E-state index contributed by atoms with van der Waals surface area (Å²) in [6.45, 7) is 4.56. The molecular formula is C15H14ClF3N4. The number of alkyl halides is 3. The van der Waals surface area contributed by atoms with Crippen molar-refractivity contribution < 1.29 is 13.2 Å². The molecule has 0 aliphatic carbocycles. The first-order chi connectivity index (χ1) is 10.7. The van der Waals surface area contributed by atoms with Gasteiger partial charge in [0.2, 0.25) is 0 Å². The van der Waals surface area contributed by atoms with Crippen molar-refractivity contribution in [2.75, 3.05) is 11.9 Å². The fourth-order valence-corrected chi connectivity index (χ4v) is 2.20. The Morgan fingerprint density at radius 3 is 2.61 bits per heavy atom. The molecule has 0 spiro atoms. The predicted octanol–water partition coefficient (Wildman–Crippen LogP) is 4.48. The number of nitrogens with one attached hydrogen (secondary N) is 1. The molecule has 2 rings (SSSR count). The average molecular weight is 343 g/mol. The van der Waals surface area contributed by atoms with E-state index < -0.39 is 11.7 Å². The number of benzene rings is 1. The number of hydrogen-bond donors (Lipinski definition) is 1. The first-order valence-corrected chi connectivity index (χ1v) is 7.21. The van der Waals surface area contributed by atoms with Gasteiger partial charge in [-0.15, -0.1) is 0 Å². The zero-order chi connectivity index (χ0) is 17.2. The van der Waals surface area contributed by atoms with Crippen molar-refractivity contribution in [1.29, 1.82) is 5.26 Å². The monoisotopic (exact) mass is 342 g/mol. The number of rotatable bonds is 4. The van der Waals surface area contributed by atoms with Gasteiger partial charge in [-0.2, -0.15) is 23.5 Å². The SMILES string of the molecule is CC(C)CNc1c(C#N)cnn1-c1ccc(C(F)(F)F)cc1Cl. The van der Waals surface area contributed by atoms with Gasteiger partial charge in [-0.05, 0) is 24.1 Å². The van der Waals surface area contributed by atoms with Crippen LogP contribution in [0.15, 0.2) is 24.4 Å². The van der Waals surface area contributed by atoms with Crippen molar-refractivity contribution in [2.45, 2.75) is 20.0 Å². The molecule has 0 radical (unpaired) electrons. The summed E-state index contributed by atoms with van der Waals surface area (Å²) in [6.07, 6.45) is -3.13. The van der Waals surface area contributed by atoms with E-state index in [0.29, 0.717) is 23.8 Å². The quantitative estimate of drug-likeness (QED) is 0.891. The molecule has 4 nitrogen and oxygen atoms in total. The minimum atomic E-state index is -4.47. The van der Waals surface area contributed by atoms with Crippen molar-refractivity contribution in [2.24, 2.45) is 5.92 Å². The van der Waals surface area contributed by atoms with Crippen LogP contribution < -0.4 is 5.32 Å². The Morgan fingerprint density at radius 1 is 1.39 bits per heavy atom. The lowest BCUT2D eigenvalue weighted by Gasteiger charge is -2.14. The topological polar surface area (TPSA) is 53.6 Å². The second kappa shape index (κ2) is 6.50. The standard InChI is InChI=1S/C15H14ClF3N4/c1-9(2)7-21-14-10(6-20)8-22-23(14)13-4-3-11(5-12(13)16)15(17,18)19/h3-5,8-9,21H,7H2,1-2H3. The summed E-state index contributed by atoms with van der Waals surface area (Å²) in [5, 5.41) is 16.2. The van der Waals surface area contributed by atoms with Crippen LogP contribution >= 0.6 is 11.6 Å². The van der Waals surface area contributed by atoms with E-state index in [2.05, 4.69) is 10.4 Å². The van der Waals surface area contributed by atoms with Crippen molar-refractivity contribution >= 4 is 17.4 Å². The van der Waals surface area contributed by atoms with Crippen LogP contribution in [0.4, 0.5) is 19.0 Å². The molecule has 23 heavy (non-hydrogen) atoms. The Bertz CT molecular complexity index is 744. The van der Waals surface area contributed by atoms with E-state index in [0.717, 1.165) is 12.1 Å². The molecule has 0 amide bonds. The molecule has 0 atom stereocenters. The van der Waals surface area contributed by atoms with Crippen molar-refractivity contribution in [3.63, 3.8) is 0 Å². The minimum absolute atomic E-state index is 0.0972. The van der Waals surface area contributed by atoms with Crippen LogP contribution in [-0.2, 0) is 6.18 Å². The molecule has 1 aromatic heterocycles. The van der Waals surface area contributed by atoms with Gasteiger partial charge in [-0.3, -0.25) is 0 Å². The van der Waals surface area contributed by atoms with Gasteiger partial charge in [0.15, 0.2) is 0 Å². The summed E-state index contributed by atoms with van der Waals surface area (Å²) in [6, 6.07) is 5.01. The molecule has 8 heteroatoms. The van der Waals surface area contributed by atoms with E-state index in [1.807, 2.05) is 19.9 Å². The highest BCUT2D eigenvalue weighted by Crippen LogP contribution is 2.34. The molecule has 0 bridgehead atoms. The van der Waals surface area contributed by atoms with Crippen LogP contribution in [0.5, 0.6) is 0 Å². The molecular weight excluding hydrogens is 329 g/mol. The van der Waals surface area contributed by atoms with Crippen LogP contribution in [0, 0.1) is 17.2 Å². The molecule has 0 saturated heterocycles. The summed E-state index contributed by atoms with van der Waals surface area (Å²) in [5.41, 5.74) is -0.273. The smallest absolute Gasteiger partial charge is 0.369 e. The van der Waals surface area contributed by atoms with Gasteiger partial charge in [-0.1, -0.05) is 25.4 Å². The second-order valence-corrected chi connectivity index (χ2v) is 5.78. The molecule has 0 unspecified atom stereocenters. The molecule has 122 valence electrons. The third-order valence-corrected chi connectivity index (χ3v) is 3.37. The Morgan fingerprint density at radius 2 is 2.09 bits per heavy atom. The number of aromatic nitrogens is 2. The average Bonchev–Trinajstić information content (AvgIpc) is 2.86. The van der Waals surface area contributed by atoms with Crippen LogP contribution in [0.3, 0.4) is 0 Å². The maximum atomic E-state index is 12.7. The molecule has 1 heterocycles. The van der Waals surface area contributed by atoms with E-state index in [9.17, 15) is 13.2 Å². The molecule has 1 N–H and O–H groups in total. The zero-order valence-electron chi connectivity index (χ0n) is 12.4. The molecule has 0 aliphatic heterocycles. The maximum absolute atomic E-state index is 12.7. The number of nitriles is 1. The van der Waals surface area contributed by atoms with Crippen LogP contribution in [0.1, 0.15) is 25.0 Å². The summed E-state index contributed by atoms with van der Waals surface area (Å²) in [4.78, 5) is 0. The molecule has 2 aromatic rings. The molecule has 0 aliphatic rings. The van der Waals surface area contributed by atoms with E-state index in [1.54, 1.807) is 0 Å². The summed E-state index contributed by atoms with van der Waals surface area (Å²) in [7, 11) is 0. The predicted molar refractivity (Wildman–Crippen MR) is 81.6 cm³/mol. The first kappa shape index (κ1) is 17.2. The fourth-order valence-electron chi connectivity index (χ4n) is 1.94. The summed E-state index contributed by atoms with van der Waals surface area (Å²) in [5.74, 6) is 0.718. The largest absolute Gasteiger partial charge is 0.416 e. The highest BCUT2D eigenvalue weighted by atomic mass is 35.5. The highest BCUT2D eigenvalue weighted by molar-refractivity contribution is 6.32. The number of anilines is 1. The van der Waals surface area contributed by atoms with Crippen LogP contribution in [0.25, 0.3) is 5.69 Å². The Balaban J connectivity index is 2.46. The van der Waals surface area contributed by atoms with E-state index in [-0.39, 0.29) is 10.7 Å². The van der Waals surface area contributed by atoms with Gasteiger partial charge < -0.3 is 5.32 Å². The molecule has 0 fully saturated rings. The fraction of sp³-hybridized carbons (Fsp3) is 0.333. The van der Waals surface area contributed by atoms with Crippen LogP contribution in [-0.4, -0.2) is 16.3 Å². The Labute approximate surface area is 136 Å². The van der Waals surface area contributed by atoms with Crippen LogP contribution in [0.2, 0.25) is 5.02 Å². The zero-order valence-corrected chi connectivity index (χ0v) is 13.2. The van der Waals surface area contributed by atoms with E-state index in [4.69, 9.17) is 16.9 Å². The third kappa shape index (κ3) is 3.77. The lowest BCUT2D eigenvalue weighted by molar-refractivity contribution is -0.137. The number of hydrogen-bond acceptors (Lipinski definition) is 3. The van der Waals surface area contributed by atoms with Crippen molar-refractivity contribution in [3.8, 4) is 11.8 Å². The number of halogens is 4. The summed E-state index contributed by atoms with van der Waals surface area (Å²) >= 11 is 5.99. The Hall–Kier alpha value is -2.20. The lowest BCUT2D eigenvalue weighted by atomic mass is 10.2. The van der Waals surface area contributed by atoms with Gasteiger partial charge in [-0.25, -0.2) is 4.68 Å². The van der Waals surface area contributed by atoms with Crippen molar-refractivity contribution in [3.05, 3.63) is 40.5 Å². The highest BCUT2D eigenvalue weighted by Gasteiger charge is 2.31. The van der Waals surface area contributed by atoms with Crippen molar-refractivity contribution in [1.82, 2.24) is 9.78 Å². The lowest BCUT2D eigenvalue weighted by Crippen LogP contribution is -2.13. The van der Waals surface area contributed by atoms with Gasteiger partial charge in [0.1, 0.15) is 17.5 Å². The molecule has 1 aromatic carbocycles. The normalized spacial score (nSPS) is 11.6. The summed E-state index contributed by atoms with van der Waals surface area (Å²) < 4.78 is 39.5. The maximum Gasteiger partial charge on any atom is 0.416 e. The molecule has 0 saturated carbocycles. The minimum Gasteiger partial charge on any atom is -0.369 e. The van der Waals surface area contributed by atoms with Gasteiger partial charge in [0.05, 0.1) is 22.5 Å². The van der Waals surface area contributed by atoms with Gasteiger partial charge in [0, 0.05) is 6.54 Å².